The largest absolute Gasteiger partial charge is 0.573 e. The first-order chi connectivity index (χ1) is 9.35. The van der Waals surface area contributed by atoms with Crippen molar-refractivity contribution in [3.63, 3.8) is 0 Å². The second kappa shape index (κ2) is 6.93. The van der Waals surface area contributed by atoms with Crippen molar-refractivity contribution in [2.45, 2.75) is 32.5 Å². The average molecular weight is 290 g/mol. The molecule has 1 rings (SSSR count). The van der Waals surface area contributed by atoms with E-state index < -0.39 is 18.1 Å². The zero-order valence-electron chi connectivity index (χ0n) is 10.7. The minimum Gasteiger partial charge on any atom is -0.426 e. The first kappa shape index (κ1) is 16.0. The topological polar surface area (TPSA) is 52.6 Å². The molecule has 0 aliphatic rings. The smallest absolute Gasteiger partial charge is 0.426 e. The van der Waals surface area contributed by atoms with Gasteiger partial charge < -0.3 is 9.47 Å². The molecule has 0 unspecified atom stereocenters. The van der Waals surface area contributed by atoms with Crippen molar-refractivity contribution in [3.8, 4) is 11.5 Å². The van der Waals surface area contributed by atoms with Crippen LogP contribution in [0.3, 0.4) is 0 Å². The SMILES string of the molecule is CCCCC(=O)Oc1ccc(OC(F)(F)F)cc1C=O. The molecule has 0 bridgehead atoms. The molecule has 0 amide bonds. The molecule has 0 aromatic heterocycles. The van der Waals surface area contributed by atoms with Crippen molar-refractivity contribution in [3.05, 3.63) is 23.8 Å². The number of alkyl halides is 3. The van der Waals surface area contributed by atoms with Gasteiger partial charge in [-0.2, -0.15) is 0 Å². The highest BCUT2D eigenvalue weighted by Gasteiger charge is 2.31. The van der Waals surface area contributed by atoms with Gasteiger partial charge in [0.15, 0.2) is 6.29 Å². The average Bonchev–Trinajstić information content (AvgIpc) is 2.36. The monoisotopic (exact) mass is 290 g/mol. The van der Waals surface area contributed by atoms with E-state index in [1.54, 1.807) is 0 Å². The van der Waals surface area contributed by atoms with E-state index in [0.29, 0.717) is 12.7 Å². The fraction of sp³-hybridized carbons (Fsp3) is 0.385. The number of hydrogen-bond donors (Lipinski definition) is 0. The van der Waals surface area contributed by atoms with Crippen LogP contribution in [0.2, 0.25) is 0 Å². The van der Waals surface area contributed by atoms with E-state index in [2.05, 4.69) is 4.74 Å². The van der Waals surface area contributed by atoms with Crippen LogP contribution in [-0.4, -0.2) is 18.6 Å². The third-order valence-electron chi connectivity index (χ3n) is 2.30. The van der Waals surface area contributed by atoms with E-state index in [4.69, 9.17) is 4.74 Å². The molecular weight excluding hydrogens is 277 g/mol. The number of aldehydes is 1. The zero-order valence-corrected chi connectivity index (χ0v) is 10.7. The van der Waals surface area contributed by atoms with E-state index in [1.165, 1.54) is 0 Å². The van der Waals surface area contributed by atoms with E-state index in [-0.39, 0.29) is 17.7 Å². The Morgan fingerprint density at radius 1 is 1.35 bits per heavy atom. The third kappa shape index (κ3) is 5.29. The predicted octanol–water partition coefficient (Wildman–Crippen LogP) is 3.49. The number of esters is 1. The van der Waals surface area contributed by atoms with E-state index >= 15 is 0 Å². The van der Waals surface area contributed by atoms with Crippen LogP contribution in [0.1, 0.15) is 36.5 Å². The Morgan fingerprint density at radius 2 is 2.05 bits per heavy atom. The second-order valence-corrected chi connectivity index (χ2v) is 3.94. The molecule has 1 aromatic rings. The Kier molecular flexibility index (Phi) is 5.54. The highest BCUT2D eigenvalue weighted by Crippen LogP contribution is 2.27. The lowest BCUT2D eigenvalue weighted by molar-refractivity contribution is -0.274. The van der Waals surface area contributed by atoms with Crippen LogP contribution in [0, 0.1) is 0 Å². The van der Waals surface area contributed by atoms with Gasteiger partial charge in [-0.15, -0.1) is 13.2 Å². The van der Waals surface area contributed by atoms with Gasteiger partial charge in [0.1, 0.15) is 11.5 Å². The highest BCUT2D eigenvalue weighted by molar-refractivity contribution is 5.83. The first-order valence-electron chi connectivity index (χ1n) is 5.91. The number of ether oxygens (including phenoxy) is 2. The lowest BCUT2D eigenvalue weighted by atomic mass is 10.2. The number of halogens is 3. The summed E-state index contributed by atoms with van der Waals surface area (Å²) < 4.78 is 44.7. The van der Waals surface area contributed by atoms with E-state index in [9.17, 15) is 22.8 Å². The minimum absolute atomic E-state index is 0.0874. The van der Waals surface area contributed by atoms with Crippen LogP contribution in [0.15, 0.2) is 18.2 Å². The summed E-state index contributed by atoms with van der Waals surface area (Å²) in [4.78, 5) is 22.2. The molecule has 20 heavy (non-hydrogen) atoms. The maximum atomic E-state index is 12.0. The molecule has 0 saturated heterocycles. The Hall–Kier alpha value is -2.05. The summed E-state index contributed by atoms with van der Waals surface area (Å²) >= 11 is 0. The zero-order chi connectivity index (χ0) is 15.2. The summed E-state index contributed by atoms with van der Waals surface area (Å²) in [5.41, 5.74) is -0.184. The van der Waals surface area contributed by atoms with Crippen LogP contribution >= 0.6 is 0 Å². The minimum atomic E-state index is -4.85. The van der Waals surface area contributed by atoms with E-state index in [0.717, 1.165) is 24.6 Å². The Morgan fingerprint density at radius 3 is 2.60 bits per heavy atom. The molecule has 7 heteroatoms. The van der Waals surface area contributed by atoms with E-state index in [1.807, 2.05) is 6.92 Å². The molecule has 1 aromatic carbocycles. The number of carbonyl (C=O) groups excluding carboxylic acids is 2. The standard InChI is InChI=1S/C13H13F3O4/c1-2-3-4-12(18)19-11-6-5-10(7-9(11)8-17)20-13(14,15)16/h5-8H,2-4H2,1H3. The van der Waals surface area contributed by atoms with Crippen molar-refractivity contribution < 1.29 is 32.2 Å². The number of carbonyl (C=O) groups is 2. The highest BCUT2D eigenvalue weighted by atomic mass is 19.4. The summed E-state index contributed by atoms with van der Waals surface area (Å²) in [6.45, 7) is 1.90. The summed E-state index contributed by atoms with van der Waals surface area (Å²) in [5, 5.41) is 0. The number of benzene rings is 1. The molecule has 0 heterocycles. The molecule has 0 spiro atoms. The fourth-order valence-corrected chi connectivity index (χ4v) is 1.40. The molecule has 4 nitrogen and oxygen atoms in total. The van der Waals surface area contributed by atoms with Crippen molar-refractivity contribution in [1.29, 1.82) is 0 Å². The van der Waals surface area contributed by atoms with Gasteiger partial charge in [-0.3, -0.25) is 9.59 Å². The Balaban J connectivity index is 2.83. The lowest BCUT2D eigenvalue weighted by Gasteiger charge is -2.11. The van der Waals surface area contributed by atoms with Gasteiger partial charge in [-0.1, -0.05) is 13.3 Å². The number of rotatable bonds is 6. The molecule has 110 valence electrons. The fourth-order valence-electron chi connectivity index (χ4n) is 1.40. The summed E-state index contributed by atoms with van der Waals surface area (Å²) in [7, 11) is 0. The van der Waals surface area contributed by atoms with Gasteiger partial charge in [0, 0.05) is 6.42 Å². The van der Waals surface area contributed by atoms with Crippen molar-refractivity contribution in [2.24, 2.45) is 0 Å². The maximum Gasteiger partial charge on any atom is 0.573 e. The normalized spacial score (nSPS) is 11.0. The third-order valence-corrected chi connectivity index (χ3v) is 2.30. The molecule has 0 N–H and O–H groups in total. The van der Waals surface area contributed by atoms with Crippen molar-refractivity contribution >= 4 is 12.3 Å². The van der Waals surface area contributed by atoms with Gasteiger partial charge in [0.25, 0.3) is 0 Å². The van der Waals surface area contributed by atoms with Crippen LogP contribution in [0.25, 0.3) is 0 Å². The van der Waals surface area contributed by atoms with Gasteiger partial charge in [-0.25, -0.2) is 0 Å². The van der Waals surface area contributed by atoms with Gasteiger partial charge in [0.2, 0.25) is 0 Å². The summed E-state index contributed by atoms with van der Waals surface area (Å²) in [5.74, 6) is -1.18. The quantitative estimate of drug-likeness (QED) is 0.457. The van der Waals surface area contributed by atoms with Gasteiger partial charge in [-0.05, 0) is 24.6 Å². The van der Waals surface area contributed by atoms with Gasteiger partial charge >= 0.3 is 12.3 Å². The predicted molar refractivity (Wildman–Crippen MR) is 63.7 cm³/mol. The van der Waals surface area contributed by atoms with Crippen LogP contribution in [0.5, 0.6) is 11.5 Å². The molecule has 0 aliphatic heterocycles. The summed E-state index contributed by atoms with van der Waals surface area (Å²) in [6.07, 6.45) is -2.95. The maximum absolute atomic E-state index is 12.0. The molecule has 0 saturated carbocycles. The summed E-state index contributed by atoms with van der Waals surface area (Å²) in [6, 6.07) is 2.93. The van der Waals surface area contributed by atoms with Crippen molar-refractivity contribution in [2.75, 3.05) is 0 Å². The van der Waals surface area contributed by atoms with Gasteiger partial charge in [0.05, 0.1) is 5.56 Å². The van der Waals surface area contributed by atoms with Crippen molar-refractivity contribution in [1.82, 2.24) is 0 Å². The molecular formula is C13H13F3O4. The Labute approximate surface area is 113 Å². The molecule has 0 radical (unpaired) electrons. The second-order valence-electron chi connectivity index (χ2n) is 3.94. The number of hydrogen-bond acceptors (Lipinski definition) is 4. The van der Waals surface area contributed by atoms with Crippen LogP contribution in [-0.2, 0) is 4.79 Å². The molecule has 0 atom stereocenters. The first-order valence-corrected chi connectivity index (χ1v) is 5.91. The van der Waals surface area contributed by atoms with Crippen LogP contribution in [0.4, 0.5) is 13.2 Å². The van der Waals surface area contributed by atoms with Crippen LogP contribution < -0.4 is 9.47 Å². The Bertz CT molecular complexity index is 483. The molecule has 0 fully saturated rings. The molecule has 0 aliphatic carbocycles. The number of unbranched alkanes of at least 4 members (excludes halogenated alkanes) is 1. The lowest BCUT2D eigenvalue weighted by Crippen LogP contribution is -2.17.